The molecule has 2 saturated heterocycles. The van der Waals surface area contributed by atoms with E-state index in [1.807, 2.05) is 4.90 Å². The number of nitrogens with two attached hydrogens (primary N) is 1. The van der Waals surface area contributed by atoms with Gasteiger partial charge in [-0.05, 0) is 55.9 Å². The van der Waals surface area contributed by atoms with Crippen molar-refractivity contribution in [1.82, 2.24) is 4.90 Å². The first-order valence-corrected chi connectivity index (χ1v) is 9.12. The average molecular weight is 345 g/mol. The maximum absolute atomic E-state index is 12.5. The minimum absolute atomic E-state index is 0.0250. The molecule has 1 aromatic rings. The summed E-state index contributed by atoms with van der Waals surface area (Å²) in [5.74, 6) is 0.605. The number of carbonyl (C=O) groups excluding carboxylic acids is 2. The van der Waals surface area contributed by atoms with Gasteiger partial charge in [-0.2, -0.15) is 0 Å². The Morgan fingerprint density at radius 1 is 1.16 bits per heavy atom. The van der Waals surface area contributed by atoms with Crippen molar-refractivity contribution in [3.05, 3.63) is 29.8 Å². The van der Waals surface area contributed by atoms with Crippen LogP contribution in [-0.2, 0) is 9.53 Å². The van der Waals surface area contributed by atoms with Crippen LogP contribution in [0.25, 0.3) is 0 Å². The summed E-state index contributed by atoms with van der Waals surface area (Å²) in [7, 11) is 0. The van der Waals surface area contributed by atoms with Crippen molar-refractivity contribution in [3.8, 4) is 0 Å². The number of amides is 2. The number of likely N-dealkylation sites (tertiary alicyclic amines) is 1. The molecular formula is C19H27N3O3. The van der Waals surface area contributed by atoms with E-state index in [0.717, 1.165) is 32.4 Å². The lowest BCUT2D eigenvalue weighted by Crippen LogP contribution is -2.37. The van der Waals surface area contributed by atoms with Crippen molar-refractivity contribution < 1.29 is 14.3 Å². The highest BCUT2D eigenvalue weighted by Crippen LogP contribution is 2.22. The molecule has 0 spiro atoms. The monoisotopic (exact) mass is 345 g/mol. The molecule has 25 heavy (non-hydrogen) atoms. The number of nitrogens with zero attached hydrogens (tertiary/aromatic N) is 1. The second-order valence-electron chi connectivity index (χ2n) is 7.10. The molecule has 6 heteroatoms. The summed E-state index contributed by atoms with van der Waals surface area (Å²) in [4.78, 5) is 26.7. The summed E-state index contributed by atoms with van der Waals surface area (Å²) in [6, 6.07) is 7.09. The standard InChI is InChI=1S/C19H27N3O3/c1-13-8-10-22(11-9-13)19(24)14-2-4-15(5-3-14)21-18(23)17-7-6-16(12-20)25-17/h2-5,13,16-17H,6-12,20H2,1H3,(H,21,23)/t16-,17+/m1/s1. The van der Waals surface area contributed by atoms with Crippen molar-refractivity contribution in [3.63, 3.8) is 0 Å². The fourth-order valence-electron chi connectivity index (χ4n) is 3.39. The zero-order valence-corrected chi connectivity index (χ0v) is 14.7. The van der Waals surface area contributed by atoms with Crippen molar-refractivity contribution in [2.75, 3.05) is 25.0 Å². The van der Waals surface area contributed by atoms with Crippen molar-refractivity contribution in [1.29, 1.82) is 0 Å². The van der Waals surface area contributed by atoms with E-state index >= 15 is 0 Å². The topological polar surface area (TPSA) is 84.7 Å². The molecule has 1 aromatic carbocycles. The Hall–Kier alpha value is -1.92. The molecular weight excluding hydrogens is 318 g/mol. The summed E-state index contributed by atoms with van der Waals surface area (Å²) in [5.41, 5.74) is 6.90. The van der Waals surface area contributed by atoms with E-state index in [-0.39, 0.29) is 17.9 Å². The fraction of sp³-hybridized carbons (Fsp3) is 0.579. The van der Waals surface area contributed by atoms with Gasteiger partial charge in [-0.1, -0.05) is 6.92 Å². The predicted octanol–water partition coefficient (Wildman–Crippen LogP) is 2.00. The van der Waals surface area contributed by atoms with Crippen LogP contribution in [0.1, 0.15) is 43.0 Å². The van der Waals surface area contributed by atoms with Crippen molar-refractivity contribution in [2.45, 2.75) is 44.8 Å². The van der Waals surface area contributed by atoms with Crippen LogP contribution in [0.15, 0.2) is 24.3 Å². The van der Waals surface area contributed by atoms with Crippen LogP contribution >= 0.6 is 0 Å². The summed E-state index contributed by atoms with van der Waals surface area (Å²) in [6.45, 7) is 4.30. The van der Waals surface area contributed by atoms with Gasteiger partial charge in [0.25, 0.3) is 11.8 Å². The first kappa shape index (κ1) is 17.9. The summed E-state index contributed by atoms with van der Waals surface area (Å²) in [6.07, 6.45) is 3.16. The van der Waals surface area contributed by atoms with E-state index in [1.165, 1.54) is 0 Å². The van der Waals surface area contributed by atoms with Gasteiger partial charge in [-0.15, -0.1) is 0 Å². The fourth-order valence-corrected chi connectivity index (χ4v) is 3.39. The summed E-state index contributed by atoms with van der Waals surface area (Å²) in [5, 5.41) is 2.85. The number of nitrogens with one attached hydrogen (secondary N) is 1. The molecule has 136 valence electrons. The SMILES string of the molecule is CC1CCN(C(=O)c2ccc(NC(=O)[C@@H]3CC[C@H](CN)O3)cc2)CC1. The molecule has 0 radical (unpaired) electrons. The van der Waals surface area contributed by atoms with E-state index in [1.54, 1.807) is 24.3 Å². The number of hydrogen-bond acceptors (Lipinski definition) is 4. The van der Waals surface area contributed by atoms with Gasteiger partial charge in [-0.25, -0.2) is 0 Å². The Morgan fingerprint density at radius 2 is 1.84 bits per heavy atom. The summed E-state index contributed by atoms with van der Waals surface area (Å²) < 4.78 is 5.60. The maximum Gasteiger partial charge on any atom is 0.253 e. The smallest absolute Gasteiger partial charge is 0.253 e. The van der Waals surface area contributed by atoms with E-state index in [0.29, 0.717) is 30.1 Å². The minimum atomic E-state index is -0.440. The second-order valence-corrected chi connectivity index (χ2v) is 7.10. The lowest BCUT2D eigenvalue weighted by atomic mass is 9.98. The molecule has 0 bridgehead atoms. The van der Waals surface area contributed by atoms with Gasteiger partial charge in [0.05, 0.1) is 6.10 Å². The Kier molecular flexibility index (Phi) is 5.71. The third-order valence-corrected chi connectivity index (χ3v) is 5.13. The van der Waals surface area contributed by atoms with Gasteiger partial charge in [0.1, 0.15) is 6.10 Å². The van der Waals surface area contributed by atoms with Crippen LogP contribution in [0.5, 0.6) is 0 Å². The molecule has 0 saturated carbocycles. The number of rotatable bonds is 4. The van der Waals surface area contributed by atoms with Crippen molar-refractivity contribution in [2.24, 2.45) is 11.7 Å². The number of piperidine rings is 1. The lowest BCUT2D eigenvalue weighted by Gasteiger charge is -2.30. The first-order chi connectivity index (χ1) is 12.1. The highest BCUT2D eigenvalue weighted by molar-refractivity contribution is 5.97. The highest BCUT2D eigenvalue weighted by Gasteiger charge is 2.30. The number of anilines is 1. The largest absolute Gasteiger partial charge is 0.364 e. The quantitative estimate of drug-likeness (QED) is 0.874. The Balaban J connectivity index is 1.55. The Labute approximate surface area is 148 Å². The molecule has 0 unspecified atom stereocenters. The molecule has 0 aromatic heterocycles. The molecule has 2 aliphatic rings. The van der Waals surface area contributed by atoms with Crippen LogP contribution in [0.2, 0.25) is 0 Å². The van der Waals surface area contributed by atoms with E-state index < -0.39 is 6.10 Å². The highest BCUT2D eigenvalue weighted by atomic mass is 16.5. The van der Waals surface area contributed by atoms with Gasteiger partial charge >= 0.3 is 0 Å². The average Bonchev–Trinajstić information content (AvgIpc) is 3.12. The van der Waals surface area contributed by atoms with Gasteiger partial charge in [-0.3, -0.25) is 9.59 Å². The van der Waals surface area contributed by atoms with Crippen LogP contribution in [0.4, 0.5) is 5.69 Å². The van der Waals surface area contributed by atoms with Gasteiger partial charge in [0.15, 0.2) is 0 Å². The Bertz CT molecular complexity index is 609. The molecule has 3 N–H and O–H groups in total. The van der Waals surface area contributed by atoms with E-state index in [9.17, 15) is 9.59 Å². The van der Waals surface area contributed by atoms with Crippen LogP contribution in [-0.4, -0.2) is 48.6 Å². The van der Waals surface area contributed by atoms with Crippen LogP contribution in [0.3, 0.4) is 0 Å². The number of benzene rings is 1. The Morgan fingerprint density at radius 3 is 2.44 bits per heavy atom. The minimum Gasteiger partial charge on any atom is -0.364 e. The molecule has 6 nitrogen and oxygen atoms in total. The third kappa shape index (κ3) is 4.38. The molecule has 2 heterocycles. The zero-order chi connectivity index (χ0) is 17.8. The van der Waals surface area contributed by atoms with E-state index in [4.69, 9.17) is 10.5 Å². The normalized spacial score (nSPS) is 24.3. The third-order valence-electron chi connectivity index (χ3n) is 5.13. The molecule has 0 aliphatic carbocycles. The van der Waals surface area contributed by atoms with E-state index in [2.05, 4.69) is 12.2 Å². The van der Waals surface area contributed by atoms with Gasteiger partial charge in [0.2, 0.25) is 0 Å². The zero-order valence-electron chi connectivity index (χ0n) is 14.7. The lowest BCUT2D eigenvalue weighted by molar-refractivity contribution is -0.126. The predicted molar refractivity (Wildman–Crippen MR) is 96.3 cm³/mol. The molecule has 2 amide bonds. The number of ether oxygens (including phenoxy) is 1. The number of hydrogen-bond donors (Lipinski definition) is 2. The molecule has 2 fully saturated rings. The van der Waals surface area contributed by atoms with Crippen molar-refractivity contribution >= 4 is 17.5 Å². The first-order valence-electron chi connectivity index (χ1n) is 9.12. The molecule has 2 atom stereocenters. The second kappa shape index (κ2) is 7.97. The number of carbonyl (C=O) groups is 2. The maximum atomic E-state index is 12.5. The van der Waals surface area contributed by atoms with Crippen LogP contribution in [0, 0.1) is 5.92 Å². The van der Waals surface area contributed by atoms with Gasteiger partial charge < -0.3 is 20.7 Å². The summed E-state index contributed by atoms with van der Waals surface area (Å²) >= 11 is 0. The molecule has 2 aliphatic heterocycles. The van der Waals surface area contributed by atoms with Crippen LogP contribution < -0.4 is 11.1 Å². The van der Waals surface area contributed by atoms with Gasteiger partial charge in [0, 0.05) is 30.9 Å². The molecule has 3 rings (SSSR count).